The molecule has 0 radical (unpaired) electrons. The number of para-hydroxylation sites is 2. The monoisotopic (exact) mass is 367 g/mol. The number of esters is 1. The number of carbonyl (C=O) groups excluding carboxylic acids is 2. The summed E-state index contributed by atoms with van der Waals surface area (Å²) in [5.41, 5.74) is 0.647. The maximum atomic E-state index is 11.9. The standard InChI is InChI=1S/C17H15Cl2NO4/c1-2-23-15-6-4-3-5-14(15)20-16(21)10-24-17(22)12-8-7-11(18)9-13(12)19/h3-9H,2,10H2,1H3,(H,20,21). The van der Waals surface area contributed by atoms with Crippen molar-refractivity contribution in [2.45, 2.75) is 6.92 Å². The fraction of sp³-hybridized carbons (Fsp3) is 0.176. The number of halogens is 2. The molecule has 0 atom stereocenters. The molecule has 5 nitrogen and oxygen atoms in total. The Morgan fingerprint density at radius 2 is 1.88 bits per heavy atom. The minimum Gasteiger partial charge on any atom is -0.492 e. The lowest BCUT2D eigenvalue weighted by atomic mass is 10.2. The van der Waals surface area contributed by atoms with E-state index in [1.54, 1.807) is 24.3 Å². The number of hydrogen-bond donors (Lipinski definition) is 1. The van der Waals surface area contributed by atoms with Crippen molar-refractivity contribution in [1.82, 2.24) is 0 Å². The third-order valence-corrected chi connectivity index (χ3v) is 3.49. The number of anilines is 1. The highest BCUT2D eigenvalue weighted by Crippen LogP contribution is 2.24. The van der Waals surface area contributed by atoms with Gasteiger partial charge in [0.2, 0.25) is 0 Å². The smallest absolute Gasteiger partial charge is 0.340 e. The molecule has 0 aromatic heterocycles. The molecule has 1 N–H and O–H groups in total. The maximum Gasteiger partial charge on any atom is 0.340 e. The first-order chi connectivity index (χ1) is 11.5. The van der Waals surface area contributed by atoms with Crippen molar-refractivity contribution in [1.29, 1.82) is 0 Å². The third kappa shape index (κ3) is 4.88. The highest BCUT2D eigenvalue weighted by atomic mass is 35.5. The lowest BCUT2D eigenvalue weighted by Gasteiger charge is -2.11. The average Bonchev–Trinajstić information content (AvgIpc) is 2.55. The van der Waals surface area contributed by atoms with Gasteiger partial charge in [0.25, 0.3) is 5.91 Å². The second kappa shape index (κ2) is 8.57. The molecular formula is C17H15Cl2NO4. The van der Waals surface area contributed by atoms with Crippen LogP contribution < -0.4 is 10.1 Å². The Labute approximate surface area is 149 Å². The SMILES string of the molecule is CCOc1ccccc1NC(=O)COC(=O)c1ccc(Cl)cc1Cl. The molecule has 7 heteroatoms. The number of ether oxygens (including phenoxy) is 2. The molecule has 24 heavy (non-hydrogen) atoms. The first-order valence-electron chi connectivity index (χ1n) is 7.15. The number of amides is 1. The van der Waals surface area contributed by atoms with Crippen LogP contribution in [-0.2, 0) is 9.53 Å². The van der Waals surface area contributed by atoms with Gasteiger partial charge in [0.05, 0.1) is 22.9 Å². The maximum absolute atomic E-state index is 11.9. The highest BCUT2D eigenvalue weighted by molar-refractivity contribution is 6.36. The second-order valence-electron chi connectivity index (χ2n) is 4.68. The quantitative estimate of drug-likeness (QED) is 0.777. The number of benzene rings is 2. The Bertz CT molecular complexity index is 749. The molecule has 2 rings (SSSR count). The van der Waals surface area contributed by atoms with Crippen LogP contribution in [-0.4, -0.2) is 25.1 Å². The zero-order valence-corrected chi connectivity index (χ0v) is 14.4. The molecular weight excluding hydrogens is 353 g/mol. The lowest BCUT2D eigenvalue weighted by Crippen LogP contribution is -2.21. The minimum atomic E-state index is -0.704. The van der Waals surface area contributed by atoms with Crippen molar-refractivity contribution < 1.29 is 19.1 Å². The molecule has 0 aliphatic heterocycles. The van der Waals surface area contributed by atoms with E-state index in [0.29, 0.717) is 23.1 Å². The summed E-state index contributed by atoms with van der Waals surface area (Å²) in [5, 5.41) is 3.20. The number of nitrogens with one attached hydrogen (secondary N) is 1. The topological polar surface area (TPSA) is 64.6 Å². The van der Waals surface area contributed by atoms with Gasteiger partial charge in [-0.2, -0.15) is 0 Å². The molecule has 0 heterocycles. The lowest BCUT2D eigenvalue weighted by molar-refractivity contribution is -0.119. The molecule has 0 unspecified atom stereocenters. The molecule has 2 aromatic rings. The highest BCUT2D eigenvalue weighted by Gasteiger charge is 2.15. The second-order valence-corrected chi connectivity index (χ2v) is 5.52. The summed E-state index contributed by atoms with van der Waals surface area (Å²) in [6.07, 6.45) is 0. The Morgan fingerprint density at radius 1 is 1.12 bits per heavy atom. The summed E-state index contributed by atoms with van der Waals surface area (Å²) in [7, 11) is 0. The molecule has 2 aromatic carbocycles. The average molecular weight is 368 g/mol. The van der Waals surface area contributed by atoms with Crippen molar-refractivity contribution in [3.05, 3.63) is 58.1 Å². The summed E-state index contributed by atoms with van der Waals surface area (Å²) in [6.45, 7) is 1.87. The van der Waals surface area contributed by atoms with Crippen molar-refractivity contribution in [3.8, 4) is 5.75 Å². The van der Waals surface area contributed by atoms with Crippen LogP contribution >= 0.6 is 23.2 Å². The van der Waals surface area contributed by atoms with Gasteiger partial charge in [0, 0.05) is 5.02 Å². The van der Waals surface area contributed by atoms with E-state index in [4.69, 9.17) is 32.7 Å². The predicted molar refractivity (Wildman–Crippen MR) is 93.0 cm³/mol. The summed E-state index contributed by atoms with van der Waals surface area (Å²) < 4.78 is 10.4. The van der Waals surface area contributed by atoms with Gasteiger partial charge in [-0.05, 0) is 37.3 Å². The fourth-order valence-corrected chi connectivity index (χ4v) is 2.39. The molecule has 0 saturated carbocycles. The van der Waals surface area contributed by atoms with Crippen LogP contribution in [0.15, 0.2) is 42.5 Å². The molecule has 126 valence electrons. The Balaban J connectivity index is 1.95. The minimum absolute atomic E-state index is 0.142. The Kier molecular flexibility index (Phi) is 6.46. The molecule has 0 fully saturated rings. The largest absolute Gasteiger partial charge is 0.492 e. The third-order valence-electron chi connectivity index (χ3n) is 2.95. The number of rotatable bonds is 6. The van der Waals surface area contributed by atoms with Crippen molar-refractivity contribution in [2.24, 2.45) is 0 Å². The van der Waals surface area contributed by atoms with E-state index in [2.05, 4.69) is 5.32 Å². The van der Waals surface area contributed by atoms with Gasteiger partial charge in [0.1, 0.15) is 5.75 Å². The van der Waals surface area contributed by atoms with Crippen molar-refractivity contribution in [2.75, 3.05) is 18.5 Å². The van der Waals surface area contributed by atoms with Gasteiger partial charge in [0.15, 0.2) is 6.61 Å². The van der Waals surface area contributed by atoms with Crippen LogP contribution in [0.1, 0.15) is 17.3 Å². The summed E-state index contributed by atoms with van der Waals surface area (Å²) >= 11 is 11.7. The molecule has 0 bridgehead atoms. The van der Waals surface area contributed by atoms with E-state index in [-0.39, 0.29) is 10.6 Å². The van der Waals surface area contributed by atoms with Crippen LogP contribution in [0.3, 0.4) is 0 Å². The van der Waals surface area contributed by atoms with Crippen molar-refractivity contribution in [3.63, 3.8) is 0 Å². The fourth-order valence-electron chi connectivity index (χ4n) is 1.90. The van der Waals surface area contributed by atoms with Gasteiger partial charge in [-0.1, -0.05) is 35.3 Å². The Hall–Kier alpha value is -2.24. The van der Waals surface area contributed by atoms with Gasteiger partial charge in [-0.25, -0.2) is 4.79 Å². The summed E-state index contributed by atoms with van der Waals surface area (Å²) in [4.78, 5) is 23.9. The van der Waals surface area contributed by atoms with E-state index < -0.39 is 18.5 Å². The van der Waals surface area contributed by atoms with Gasteiger partial charge < -0.3 is 14.8 Å². The van der Waals surface area contributed by atoms with E-state index >= 15 is 0 Å². The predicted octanol–water partition coefficient (Wildman–Crippen LogP) is 4.19. The molecule has 0 spiro atoms. The number of hydrogen-bond acceptors (Lipinski definition) is 4. The van der Waals surface area contributed by atoms with E-state index in [1.807, 2.05) is 6.92 Å². The first-order valence-corrected chi connectivity index (χ1v) is 7.90. The van der Waals surface area contributed by atoms with Crippen LogP contribution in [0.5, 0.6) is 5.75 Å². The van der Waals surface area contributed by atoms with Crippen LogP contribution in [0.25, 0.3) is 0 Å². The van der Waals surface area contributed by atoms with E-state index in [1.165, 1.54) is 18.2 Å². The Morgan fingerprint density at radius 3 is 2.58 bits per heavy atom. The first kappa shape index (κ1) is 18.1. The zero-order valence-electron chi connectivity index (χ0n) is 12.8. The van der Waals surface area contributed by atoms with Crippen LogP contribution in [0.2, 0.25) is 10.0 Å². The van der Waals surface area contributed by atoms with Gasteiger partial charge in [-0.15, -0.1) is 0 Å². The molecule has 0 aliphatic rings. The molecule has 0 aliphatic carbocycles. The van der Waals surface area contributed by atoms with Crippen LogP contribution in [0.4, 0.5) is 5.69 Å². The van der Waals surface area contributed by atoms with Gasteiger partial charge in [-0.3, -0.25) is 4.79 Å². The van der Waals surface area contributed by atoms with Gasteiger partial charge >= 0.3 is 5.97 Å². The van der Waals surface area contributed by atoms with Crippen molar-refractivity contribution >= 4 is 40.8 Å². The number of carbonyl (C=O) groups is 2. The van der Waals surface area contributed by atoms with E-state index in [0.717, 1.165) is 0 Å². The normalized spacial score (nSPS) is 10.1. The summed E-state index contributed by atoms with van der Waals surface area (Å²) in [5.74, 6) is -0.647. The molecule has 0 saturated heterocycles. The van der Waals surface area contributed by atoms with Crippen LogP contribution in [0, 0.1) is 0 Å². The van der Waals surface area contributed by atoms with E-state index in [9.17, 15) is 9.59 Å². The molecule has 1 amide bonds. The summed E-state index contributed by atoms with van der Waals surface area (Å²) in [6, 6.07) is 11.4. The zero-order chi connectivity index (χ0) is 17.5.